The predicted molar refractivity (Wildman–Crippen MR) is 198 cm³/mol. The highest BCUT2D eigenvalue weighted by atomic mass is 19.4. The van der Waals surface area contributed by atoms with Gasteiger partial charge in [0.25, 0.3) is 0 Å². The van der Waals surface area contributed by atoms with Gasteiger partial charge in [0.1, 0.15) is 0 Å². The average Bonchev–Trinajstić information content (AvgIpc) is 3.89. The Balaban J connectivity index is 1.56. The van der Waals surface area contributed by atoms with Gasteiger partial charge in [0.2, 0.25) is 0 Å². The molecule has 0 spiro atoms. The number of aliphatic hydroxyl groups excluding tert-OH is 1. The van der Waals surface area contributed by atoms with Crippen LogP contribution in [0.3, 0.4) is 0 Å². The Morgan fingerprint density at radius 2 is 1.52 bits per heavy atom. The van der Waals surface area contributed by atoms with Gasteiger partial charge in [-0.15, -0.1) is 0 Å². The lowest BCUT2D eigenvalue weighted by Crippen LogP contribution is -2.64. The summed E-state index contributed by atoms with van der Waals surface area (Å²) in [6.45, 7) is 6.03. The van der Waals surface area contributed by atoms with E-state index in [1.54, 1.807) is 12.2 Å². The van der Waals surface area contributed by atoms with Crippen molar-refractivity contribution < 1.29 is 18.3 Å². The summed E-state index contributed by atoms with van der Waals surface area (Å²) in [6, 6.07) is 13.6. The number of fused-ring (bicyclic) bond motifs is 6. The second-order valence-corrected chi connectivity index (χ2v) is 14.6. The molecule has 0 amide bonds. The zero-order chi connectivity index (χ0) is 35.4. The number of nitrogens with one attached hydrogen (secondary N) is 2. The molecule has 5 heterocycles. The number of H-pyrrole nitrogens is 1. The summed E-state index contributed by atoms with van der Waals surface area (Å²) in [7, 11) is 0. The molecule has 0 radical (unpaired) electrons. The van der Waals surface area contributed by atoms with Crippen LogP contribution in [0.5, 0.6) is 0 Å². The zero-order valence-electron chi connectivity index (χ0n) is 29.4. The van der Waals surface area contributed by atoms with Crippen LogP contribution >= 0.6 is 0 Å². The molecule has 4 atom stereocenters. The van der Waals surface area contributed by atoms with Crippen LogP contribution in [0.15, 0.2) is 112 Å². The maximum Gasteiger partial charge on any atom is 0.397 e. The SMILES string of the molecule is CCCCCCC(C)(CC(CC(O)CCC)(C(F)(F)F)C12C=C3C=CC(=N3)C=c3ccc([nH]3)=CC3=NC(=CC(=CC1)N2)C=C3)c1ccccc1. The number of aliphatic imine (C=N–C) groups is 2. The fourth-order valence-electron chi connectivity index (χ4n) is 8.21. The fraction of sp³-hybridized carbons (Fsp3) is 0.429. The lowest BCUT2D eigenvalue weighted by Gasteiger charge is -2.53. The van der Waals surface area contributed by atoms with Crippen molar-refractivity contribution in [3.63, 3.8) is 0 Å². The molecule has 2 aromatic rings. The molecule has 1 aromatic carbocycles. The lowest BCUT2D eigenvalue weighted by atomic mass is 9.55. The third kappa shape index (κ3) is 7.46. The third-order valence-corrected chi connectivity index (χ3v) is 10.8. The minimum absolute atomic E-state index is 0.0725. The number of allylic oxidation sites excluding steroid dienone is 5. The van der Waals surface area contributed by atoms with Crippen LogP contribution in [0.25, 0.3) is 12.2 Å². The van der Waals surface area contributed by atoms with Crippen molar-refractivity contribution in [3.05, 3.63) is 118 Å². The number of aromatic amines is 1. The molecule has 0 saturated carbocycles. The number of aliphatic hydroxyl groups is 1. The minimum Gasteiger partial charge on any atom is -0.393 e. The van der Waals surface area contributed by atoms with Gasteiger partial charge < -0.3 is 15.4 Å². The van der Waals surface area contributed by atoms with E-state index in [0.29, 0.717) is 35.6 Å². The number of alkyl halides is 3. The Bertz CT molecular complexity index is 1890. The average molecular weight is 683 g/mol. The first-order valence-electron chi connectivity index (χ1n) is 18.1. The first-order valence-corrected chi connectivity index (χ1v) is 18.1. The second-order valence-electron chi connectivity index (χ2n) is 14.6. The molecular weight excluding hydrogens is 633 g/mol. The fourth-order valence-corrected chi connectivity index (χ4v) is 8.21. The molecule has 50 heavy (non-hydrogen) atoms. The van der Waals surface area contributed by atoms with Crippen molar-refractivity contribution in [2.24, 2.45) is 15.4 Å². The molecule has 0 saturated heterocycles. The second kappa shape index (κ2) is 14.6. The summed E-state index contributed by atoms with van der Waals surface area (Å²) in [5, 5.41) is 16.6. The van der Waals surface area contributed by atoms with E-state index in [0.717, 1.165) is 47.7 Å². The highest BCUT2D eigenvalue weighted by molar-refractivity contribution is 6.20. The first-order chi connectivity index (χ1) is 24.0. The van der Waals surface area contributed by atoms with E-state index in [1.807, 2.05) is 98.8 Å². The Morgan fingerprint density at radius 1 is 0.840 bits per heavy atom. The normalized spacial score (nSPS) is 22.6. The maximum atomic E-state index is 16.6. The highest BCUT2D eigenvalue weighted by Crippen LogP contribution is 2.60. The van der Waals surface area contributed by atoms with Crippen molar-refractivity contribution in [1.82, 2.24) is 10.3 Å². The van der Waals surface area contributed by atoms with Gasteiger partial charge in [-0.05, 0) is 104 Å². The number of aromatic nitrogens is 1. The Labute approximate surface area is 293 Å². The van der Waals surface area contributed by atoms with Crippen LogP contribution in [-0.2, 0) is 5.41 Å². The van der Waals surface area contributed by atoms with Crippen molar-refractivity contribution >= 4 is 23.6 Å². The molecule has 6 rings (SSSR count). The molecule has 3 N–H and O–H groups in total. The number of halogens is 3. The monoisotopic (exact) mass is 682 g/mol. The van der Waals surface area contributed by atoms with Gasteiger partial charge in [-0.1, -0.05) is 89.3 Å². The molecule has 0 fully saturated rings. The molecule has 264 valence electrons. The minimum atomic E-state index is -4.70. The van der Waals surface area contributed by atoms with Crippen LogP contribution in [-0.4, -0.2) is 39.3 Å². The van der Waals surface area contributed by atoms with Gasteiger partial charge in [0.05, 0.1) is 39.9 Å². The van der Waals surface area contributed by atoms with Gasteiger partial charge in [-0.2, -0.15) is 13.2 Å². The smallest absolute Gasteiger partial charge is 0.393 e. The molecular formula is C42H49F3N4O. The van der Waals surface area contributed by atoms with E-state index in [-0.39, 0.29) is 19.3 Å². The number of hydrogen-bond acceptors (Lipinski definition) is 4. The van der Waals surface area contributed by atoms with Crippen LogP contribution in [0.4, 0.5) is 13.2 Å². The predicted octanol–water partition coefficient (Wildman–Crippen LogP) is 8.41. The molecule has 8 heteroatoms. The van der Waals surface area contributed by atoms with Crippen LogP contribution in [0, 0.1) is 5.41 Å². The maximum absolute atomic E-state index is 16.6. The van der Waals surface area contributed by atoms with Crippen LogP contribution < -0.4 is 16.0 Å². The summed E-state index contributed by atoms with van der Waals surface area (Å²) in [4.78, 5) is 12.9. The quantitative estimate of drug-likeness (QED) is 0.186. The van der Waals surface area contributed by atoms with Gasteiger partial charge in [0, 0.05) is 16.4 Å². The molecule has 4 aliphatic heterocycles. The number of benzene rings is 1. The Morgan fingerprint density at radius 3 is 2.18 bits per heavy atom. The van der Waals surface area contributed by atoms with Crippen molar-refractivity contribution in [2.75, 3.05) is 0 Å². The van der Waals surface area contributed by atoms with Crippen molar-refractivity contribution in [1.29, 1.82) is 0 Å². The molecule has 0 aliphatic carbocycles. The molecule has 1 aromatic heterocycles. The largest absolute Gasteiger partial charge is 0.397 e. The van der Waals surface area contributed by atoms with Gasteiger partial charge in [-0.3, -0.25) is 0 Å². The van der Waals surface area contributed by atoms with Gasteiger partial charge in [0.15, 0.2) is 0 Å². The third-order valence-electron chi connectivity index (χ3n) is 10.8. The van der Waals surface area contributed by atoms with E-state index in [2.05, 4.69) is 17.2 Å². The number of rotatable bonds is 13. The number of nitrogens with zero attached hydrogens (tertiary/aromatic N) is 2. The summed E-state index contributed by atoms with van der Waals surface area (Å²) in [5.41, 5.74) is -0.900. The topological polar surface area (TPSA) is 72.8 Å². The van der Waals surface area contributed by atoms with E-state index in [4.69, 9.17) is 9.98 Å². The van der Waals surface area contributed by atoms with E-state index >= 15 is 13.2 Å². The first kappa shape index (κ1) is 35.6. The van der Waals surface area contributed by atoms with E-state index in [1.165, 1.54) is 0 Å². The van der Waals surface area contributed by atoms with Crippen molar-refractivity contribution in [3.8, 4) is 0 Å². The van der Waals surface area contributed by atoms with Gasteiger partial charge in [-0.25, -0.2) is 9.98 Å². The Kier molecular flexibility index (Phi) is 10.4. The van der Waals surface area contributed by atoms with E-state index in [9.17, 15) is 5.11 Å². The van der Waals surface area contributed by atoms with Crippen molar-refractivity contribution in [2.45, 2.75) is 108 Å². The molecule has 5 nitrogen and oxygen atoms in total. The lowest BCUT2D eigenvalue weighted by molar-refractivity contribution is -0.261. The standard InChI is InChI=1S/C42H49F3N4O/c1-4-6-7-11-22-39(3,30-13-9-8-10-14-30)29-40(42(43,44)45,28-38(50)12-5-2)41-23-21-36(49-41)26-35-18-17-32(47-35)24-31-15-16-33(46-31)25-34-19-20-37(27-41)48-34/h8-10,13-21,24-27,38,46,49-50H,4-7,11-12,22-23,28-29H2,1-3H3. The Hall–Kier alpha value is -4.17. The van der Waals surface area contributed by atoms with E-state index < -0.39 is 35.1 Å². The molecule has 4 unspecified atom stereocenters. The number of hydrogen-bond donors (Lipinski definition) is 3. The molecule has 8 bridgehead atoms. The van der Waals surface area contributed by atoms with Crippen LogP contribution in [0.1, 0.15) is 90.5 Å². The number of unbranched alkanes of at least 4 members (excludes halogenated alkanes) is 3. The summed E-state index contributed by atoms with van der Waals surface area (Å²) in [5.74, 6) is 0. The summed E-state index contributed by atoms with van der Waals surface area (Å²) in [6.07, 6.45) is 15.5. The zero-order valence-corrected chi connectivity index (χ0v) is 29.4. The highest BCUT2D eigenvalue weighted by Gasteiger charge is 2.68. The van der Waals surface area contributed by atoms with Crippen LogP contribution in [0.2, 0.25) is 0 Å². The van der Waals surface area contributed by atoms with Gasteiger partial charge >= 0.3 is 6.18 Å². The summed E-state index contributed by atoms with van der Waals surface area (Å²) < 4.78 is 49.9. The molecule has 4 aliphatic rings. The summed E-state index contributed by atoms with van der Waals surface area (Å²) >= 11 is 0.